The first-order valence-electron chi connectivity index (χ1n) is 11.5. The van der Waals surface area contributed by atoms with Gasteiger partial charge in [-0.3, -0.25) is 0 Å². The summed E-state index contributed by atoms with van der Waals surface area (Å²) < 4.78 is 45.0. The number of hydrogen-bond donors (Lipinski definition) is 1. The number of halogens is 4. The second-order valence-corrected chi connectivity index (χ2v) is 11.0. The van der Waals surface area contributed by atoms with Crippen LogP contribution in [0.1, 0.15) is 38.5 Å². The largest absolute Gasteiger partial charge is 0.370 e. The lowest BCUT2D eigenvalue weighted by atomic mass is 9.68. The number of nitrogens with zero attached hydrogens (tertiary/aromatic N) is 3. The summed E-state index contributed by atoms with van der Waals surface area (Å²) in [5.41, 5.74) is 0.701. The molecule has 7 rings (SSSR count). The van der Waals surface area contributed by atoms with Crippen LogP contribution in [0.3, 0.4) is 0 Å². The van der Waals surface area contributed by atoms with E-state index >= 15 is 0 Å². The Bertz CT molecular complexity index is 1030. The van der Waals surface area contributed by atoms with Crippen molar-refractivity contribution in [1.29, 1.82) is 0 Å². The van der Waals surface area contributed by atoms with Gasteiger partial charge >= 0.3 is 0 Å². The van der Waals surface area contributed by atoms with Crippen molar-refractivity contribution < 1.29 is 13.2 Å². The molecule has 0 atom stereocenters. The molecule has 2 bridgehead atoms. The summed E-state index contributed by atoms with van der Waals surface area (Å²) in [6, 6.07) is 6.42. The van der Waals surface area contributed by atoms with Gasteiger partial charge in [0.15, 0.2) is 5.82 Å². The van der Waals surface area contributed by atoms with E-state index in [1.54, 1.807) is 0 Å². The molecule has 4 nitrogen and oxygen atoms in total. The lowest BCUT2D eigenvalue weighted by molar-refractivity contribution is 0.165. The molecule has 3 saturated heterocycles. The maximum Gasteiger partial charge on any atom is 0.214 e. The number of benzene rings is 1. The average molecular weight is 497 g/mol. The predicted molar refractivity (Wildman–Crippen MR) is 127 cm³/mol. The molecule has 4 heterocycles. The molecule has 0 amide bonds. The van der Waals surface area contributed by atoms with Gasteiger partial charge in [0, 0.05) is 31.7 Å². The van der Waals surface area contributed by atoms with E-state index in [9.17, 15) is 13.2 Å². The summed E-state index contributed by atoms with van der Waals surface area (Å²) in [6.07, 6.45) is 7.59. The summed E-state index contributed by atoms with van der Waals surface area (Å²) in [7, 11) is 2.23. The molecule has 0 unspecified atom stereocenters. The van der Waals surface area contributed by atoms with E-state index < -0.39 is 17.6 Å². The summed E-state index contributed by atoms with van der Waals surface area (Å²) in [5.74, 6) is -0.935. The highest BCUT2D eigenvalue weighted by atomic mass is 35.5. The fourth-order valence-electron chi connectivity index (χ4n) is 5.45. The summed E-state index contributed by atoms with van der Waals surface area (Å²) in [6.45, 7) is 2.94. The van der Waals surface area contributed by atoms with Gasteiger partial charge in [-0.15, -0.1) is 0 Å². The van der Waals surface area contributed by atoms with E-state index in [0.717, 1.165) is 31.5 Å². The Balaban J connectivity index is 0.000000274. The highest BCUT2D eigenvalue weighted by molar-refractivity contribution is 8.00. The first-order chi connectivity index (χ1) is 15.8. The minimum absolute atomic E-state index is 0.0840. The van der Waals surface area contributed by atoms with Gasteiger partial charge in [0.2, 0.25) is 5.95 Å². The van der Waals surface area contributed by atoms with Crippen LogP contribution in [0.15, 0.2) is 29.2 Å². The zero-order chi connectivity index (χ0) is 23.2. The van der Waals surface area contributed by atoms with Crippen LogP contribution in [0.2, 0.25) is 5.02 Å². The molecule has 1 aromatic carbocycles. The number of anilines is 2. The molecule has 9 heteroatoms. The molecule has 5 fully saturated rings. The fourth-order valence-corrected chi connectivity index (χ4v) is 6.44. The van der Waals surface area contributed by atoms with E-state index in [-0.39, 0.29) is 15.7 Å². The molecule has 1 aromatic heterocycles. The van der Waals surface area contributed by atoms with Crippen molar-refractivity contribution in [3.05, 3.63) is 46.9 Å². The van der Waals surface area contributed by atoms with Crippen molar-refractivity contribution in [2.75, 3.05) is 36.3 Å². The molecule has 2 aliphatic carbocycles. The van der Waals surface area contributed by atoms with Crippen molar-refractivity contribution in [2.45, 2.75) is 49.5 Å². The molecule has 3 aliphatic heterocycles. The molecule has 178 valence electrons. The lowest BCUT2D eigenvalue weighted by Gasteiger charge is -2.38. The monoisotopic (exact) mass is 496 g/mol. The van der Waals surface area contributed by atoms with E-state index in [1.807, 2.05) is 4.90 Å². The van der Waals surface area contributed by atoms with Crippen LogP contribution in [0, 0.1) is 28.9 Å². The number of rotatable bonds is 4. The molecule has 33 heavy (non-hydrogen) atoms. The van der Waals surface area contributed by atoms with Gasteiger partial charge in [-0.25, -0.2) is 13.8 Å². The van der Waals surface area contributed by atoms with Gasteiger partial charge < -0.3 is 14.5 Å². The van der Waals surface area contributed by atoms with Crippen LogP contribution in [-0.4, -0.2) is 42.6 Å². The van der Waals surface area contributed by atoms with Crippen molar-refractivity contribution in [3.8, 4) is 0 Å². The van der Waals surface area contributed by atoms with Crippen LogP contribution in [-0.2, 0) is 0 Å². The zero-order valence-electron chi connectivity index (χ0n) is 18.6. The predicted octanol–water partition coefficient (Wildman–Crippen LogP) is 6.36. The highest BCUT2D eigenvalue weighted by Crippen LogP contribution is 2.50. The quantitative estimate of drug-likeness (QED) is 0.302. The highest BCUT2D eigenvalue weighted by Gasteiger charge is 2.43. The van der Waals surface area contributed by atoms with Gasteiger partial charge in [0.25, 0.3) is 0 Å². The number of pyridine rings is 1. The second kappa shape index (κ2) is 9.19. The van der Waals surface area contributed by atoms with Gasteiger partial charge in [-0.1, -0.05) is 24.1 Å². The first-order valence-corrected chi connectivity index (χ1v) is 12.7. The first kappa shape index (κ1) is 23.1. The lowest BCUT2D eigenvalue weighted by Crippen LogP contribution is -2.33. The number of fused-ring (bicyclic) bond motifs is 1. The summed E-state index contributed by atoms with van der Waals surface area (Å²) in [5, 5.41) is -0.0840. The van der Waals surface area contributed by atoms with Gasteiger partial charge in [-0.05, 0) is 74.6 Å². The summed E-state index contributed by atoms with van der Waals surface area (Å²) in [4.78, 5) is 7.79. The molecule has 2 saturated carbocycles. The minimum atomic E-state index is -0.815. The van der Waals surface area contributed by atoms with Crippen LogP contribution in [0.5, 0.6) is 0 Å². The number of hydrogen-bond acceptors (Lipinski definition) is 5. The normalized spacial score (nSPS) is 24.8. The SMILES string of the molecule is CN1CC2CC1C2.Fc1cccc(NSc2c(F)cc(N3CCC4(CCC4)C3)c(Cl)c2F)n1. The van der Waals surface area contributed by atoms with E-state index in [1.165, 1.54) is 62.9 Å². The Labute approximate surface area is 202 Å². The molecule has 2 aromatic rings. The molecule has 0 radical (unpaired) electrons. The van der Waals surface area contributed by atoms with Crippen molar-refractivity contribution in [3.63, 3.8) is 0 Å². The van der Waals surface area contributed by atoms with Crippen molar-refractivity contribution in [1.82, 2.24) is 9.88 Å². The molecular weight excluding hydrogens is 469 g/mol. The van der Waals surface area contributed by atoms with Crippen LogP contribution < -0.4 is 9.62 Å². The molecule has 5 aliphatic rings. The van der Waals surface area contributed by atoms with Gasteiger partial charge in [0.05, 0.1) is 5.69 Å². The zero-order valence-corrected chi connectivity index (χ0v) is 20.2. The molecule has 1 spiro atoms. The standard InChI is InChI=1S/C18H17ClF3N3S.C6H11N/c19-15-12(25-8-7-18(10-25)5-2-6-18)9-11(20)17(16(15)22)26-24-14-4-1-3-13(21)23-14;1-7-4-5-2-6(7)3-5/h1,3-4,9H,2,5-8,10H2,(H,23,24);5-6H,2-4H2,1H3. The molecular formula is C24H28ClF3N4S. The molecule has 1 N–H and O–H groups in total. The van der Waals surface area contributed by atoms with Gasteiger partial charge in [0.1, 0.15) is 21.6 Å². The van der Waals surface area contributed by atoms with E-state index in [4.69, 9.17) is 11.6 Å². The van der Waals surface area contributed by atoms with Gasteiger partial charge in [-0.2, -0.15) is 4.39 Å². The number of aromatic nitrogens is 1. The Kier molecular flexibility index (Phi) is 6.44. The average Bonchev–Trinajstić information content (AvgIpc) is 3.43. The van der Waals surface area contributed by atoms with E-state index in [2.05, 4.69) is 21.7 Å². The Hall–Kier alpha value is -1.64. The third-order valence-electron chi connectivity index (χ3n) is 7.64. The maximum atomic E-state index is 14.7. The van der Waals surface area contributed by atoms with Crippen LogP contribution in [0.25, 0.3) is 0 Å². The third kappa shape index (κ3) is 4.66. The second-order valence-electron chi connectivity index (χ2n) is 9.84. The Morgan fingerprint density at radius 1 is 1.18 bits per heavy atom. The summed E-state index contributed by atoms with van der Waals surface area (Å²) >= 11 is 6.90. The van der Waals surface area contributed by atoms with E-state index in [0.29, 0.717) is 23.1 Å². The van der Waals surface area contributed by atoms with Crippen molar-refractivity contribution >= 4 is 35.1 Å². The third-order valence-corrected chi connectivity index (χ3v) is 8.89. The van der Waals surface area contributed by atoms with Crippen molar-refractivity contribution in [2.24, 2.45) is 11.3 Å². The maximum absolute atomic E-state index is 14.7. The Morgan fingerprint density at radius 3 is 2.52 bits per heavy atom. The smallest absolute Gasteiger partial charge is 0.214 e. The van der Waals surface area contributed by atoms with Crippen LogP contribution in [0.4, 0.5) is 24.7 Å². The Morgan fingerprint density at radius 2 is 1.97 bits per heavy atom. The number of nitrogens with one attached hydrogen (secondary N) is 1. The topological polar surface area (TPSA) is 31.4 Å². The van der Waals surface area contributed by atoms with Crippen LogP contribution >= 0.6 is 23.5 Å². The fraction of sp³-hybridized carbons (Fsp3) is 0.542. The minimum Gasteiger partial charge on any atom is -0.370 e.